The highest BCUT2D eigenvalue weighted by molar-refractivity contribution is 5.79. The highest BCUT2D eigenvalue weighted by Crippen LogP contribution is 2.23. The third-order valence-electron chi connectivity index (χ3n) is 3.55. The minimum Gasteiger partial charge on any atom is -0.370 e. The number of amides is 1. The van der Waals surface area contributed by atoms with Gasteiger partial charge in [-0.3, -0.25) is 4.79 Å². The van der Waals surface area contributed by atoms with E-state index in [2.05, 4.69) is 21.7 Å². The van der Waals surface area contributed by atoms with Crippen LogP contribution in [0.4, 0.5) is 5.69 Å². The molecule has 0 saturated heterocycles. The first-order valence-corrected chi connectivity index (χ1v) is 8.23. The zero-order chi connectivity index (χ0) is 18.2. The van der Waals surface area contributed by atoms with Gasteiger partial charge in [-0.05, 0) is 34.9 Å². The summed E-state index contributed by atoms with van der Waals surface area (Å²) in [7, 11) is 0. The van der Waals surface area contributed by atoms with Gasteiger partial charge in [-0.2, -0.15) is 0 Å². The molecule has 0 fully saturated rings. The number of hydrogen-bond donors (Lipinski definition) is 4. The van der Waals surface area contributed by atoms with E-state index >= 15 is 0 Å². The zero-order valence-electron chi connectivity index (χ0n) is 14.6. The molecule has 0 aliphatic heterocycles. The lowest BCUT2D eigenvalue weighted by Crippen LogP contribution is -2.36. The highest BCUT2D eigenvalue weighted by atomic mass is 16.1. The maximum Gasteiger partial charge on any atom is 0.234 e. The van der Waals surface area contributed by atoms with Gasteiger partial charge < -0.3 is 22.1 Å². The van der Waals surface area contributed by atoms with Crippen molar-refractivity contribution in [2.75, 3.05) is 6.54 Å². The first-order chi connectivity index (χ1) is 11.9. The van der Waals surface area contributed by atoms with E-state index in [0.29, 0.717) is 18.8 Å². The normalized spacial score (nSPS) is 10.5. The first kappa shape index (κ1) is 18.5. The van der Waals surface area contributed by atoms with Gasteiger partial charge >= 0.3 is 0 Å². The summed E-state index contributed by atoms with van der Waals surface area (Å²) in [6, 6.07) is 16.0. The van der Waals surface area contributed by atoms with Crippen molar-refractivity contribution in [1.29, 1.82) is 0 Å². The minimum atomic E-state index is -0.0132. The Morgan fingerprint density at radius 1 is 1.08 bits per heavy atom. The van der Waals surface area contributed by atoms with Gasteiger partial charge in [0.1, 0.15) is 0 Å². The van der Waals surface area contributed by atoms with E-state index in [-0.39, 0.29) is 17.9 Å². The molecule has 0 radical (unpaired) electrons. The molecule has 132 valence electrons. The van der Waals surface area contributed by atoms with Crippen molar-refractivity contribution in [2.45, 2.75) is 26.4 Å². The van der Waals surface area contributed by atoms with E-state index in [1.807, 2.05) is 56.3 Å². The van der Waals surface area contributed by atoms with Crippen LogP contribution in [0.1, 0.15) is 19.4 Å². The molecule has 0 aromatic heterocycles. The minimum absolute atomic E-state index is 0.0132. The smallest absolute Gasteiger partial charge is 0.234 e. The third kappa shape index (κ3) is 6.27. The van der Waals surface area contributed by atoms with Gasteiger partial charge in [0.05, 0.1) is 12.2 Å². The maximum atomic E-state index is 11.8. The third-order valence-corrected chi connectivity index (χ3v) is 3.55. The van der Waals surface area contributed by atoms with Crippen LogP contribution in [0, 0.1) is 0 Å². The van der Waals surface area contributed by atoms with Crippen LogP contribution in [-0.2, 0) is 11.3 Å². The summed E-state index contributed by atoms with van der Waals surface area (Å²) in [6.07, 6.45) is 0. The summed E-state index contributed by atoms with van der Waals surface area (Å²) >= 11 is 0. The SMILES string of the molecule is CC(C)NCC(=O)NCc1cccc(-c2ccc(N=C(N)N)cc2)c1. The van der Waals surface area contributed by atoms with Crippen LogP contribution in [0.3, 0.4) is 0 Å². The lowest BCUT2D eigenvalue weighted by molar-refractivity contribution is -0.120. The van der Waals surface area contributed by atoms with Crippen LogP contribution in [0.15, 0.2) is 53.5 Å². The second-order valence-electron chi connectivity index (χ2n) is 6.10. The van der Waals surface area contributed by atoms with Crippen LogP contribution < -0.4 is 22.1 Å². The monoisotopic (exact) mass is 339 g/mol. The van der Waals surface area contributed by atoms with E-state index in [0.717, 1.165) is 16.7 Å². The van der Waals surface area contributed by atoms with Gasteiger partial charge in [0.15, 0.2) is 5.96 Å². The molecule has 25 heavy (non-hydrogen) atoms. The van der Waals surface area contributed by atoms with Crippen molar-refractivity contribution in [2.24, 2.45) is 16.5 Å². The Kier molecular flexibility index (Phi) is 6.54. The van der Waals surface area contributed by atoms with Gasteiger partial charge in [0.2, 0.25) is 5.91 Å². The number of nitrogens with zero attached hydrogens (tertiary/aromatic N) is 1. The number of aliphatic imine (C=N–C) groups is 1. The molecule has 2 aromatic rings. The highest BCUT2D eigenvalue weighted by Gasteiger charge is 2.04. The molecule has 0 atom stereocenters. The van der Waals surface area contributed by atoms with Crippen molar-refractivity contribution in [1.82, 2.24) is 10.6 Å². The van der Waals surface area contributed by atoms with Crippen LogP contribution >= 0.6 is 0 Å². The van der Waals surface area contributed by atoms with Crippen molar-refractivity contribution in [3.63, 3.8) is 0 Å². The zero-order valence-corrected chi connectivity index (χ0v) is 14.6. The van der Waals surface area contributed by atoms with Crippen molar-refractivity contribution >= 4 is 17.6 Å². The van der Waals surface area contributed by atoms with E-state index in [1.54, 1.807) is 0 Å². The van der Waals surface area contributed by atoms with Gasteiger partial charge in [-0.25, -0.2) is 4.99 Å². The first-order valence-electron chi connectivity index (χ1n) is 8.23. The van der Waals surface area contributed by atoms with Crippen LogP contribution in [0.2, 0.25) is 0 Å². The fraction of sp³-hybridized carbons (Fsp3) is 0.263. The van der Waals surface area contributed by atoms with Crippen LogP contribution in [0.5, 0.6) is 0 Å². The average Bonchev–Trinajstić information content (AvgIpc) is 2.58. The summed E-state index contributed by atoms with van der Waals surface area (Å²) in [5, 5.41) is 6.01. The van der Waals surface area contributed by atoms with E-state index in [4.69, 9.17) is 11.5 Å². The molecule has 6 heteroatoms. The average molecular weight is 339 g/mol. The van der Waals surface area contributed by atoms with Gasteiger partial charge in [-0.1, -0.05) is 44.2 Å². The van der Waals surface area contributed by atoms with Gasteiger partial charge in [0.25, 0.3) is 0 Å². The molecular formula is C19H25N5O. The standard InChI is InChI=1S/C19H25N5O/c1-13(2)22-12-18(25)23-11-14-4-3-5-16(10-14)15-6-8-17(9-7-15)24-19(20)21/h3-10,13,22H,11-12H2,1-2H3,(H,23,25)(H4,20,21,24). The number of guanidine groups is 1. The molecular weight excluding hydrogens is 314 g/mol. The quantitative estimate of drug-likeness (QED) is 0.456. The summed E-state index contributed by atoms with van der Waals surface area (Å²) in [5.41, 5.74) is 14.6. The molecule has 0 saturated carbocycles. The Morgan fingerprint density at radius 2 is 1.80 bits per heavy atom. The molecule has 1 amide bonds. The Morgan fingerprint density at radius 3 is 2.44 bits per heavy atom. The number of carbonyl (C=O) groups is 1. The summed E-state index contributed by atoms with van der Waals surface area (Å²) in [5.74, 6) is 0.0261. The summed E-state index contributed by atoms with van der Waals surface area (Å²) in [6.45, 7) is 4.84. The molecule has 0 unspecified atom stereocenters. The second kappa shape index (κ2) is 8.84. The van der Waals surface area contributed by atoms with Crippen molar-refractivity contribution in [3.05, 3.63) is 54.1 Å². The number of nitrogens with one attached hydrogen (secondary N) is 2. The lowest BCUT2D eigenvalue weighted by atomic mass is 10.0. The molecule has 0 bridgehead atoms. The summed E-state index contributed by atoms with van der Waals surface area (Å²) < 4.78 is 0. The number of carbonyl (C=O) groups excluding carboxylic acids is 1. The number of hydrogen-bond acceptors (Lipinski definition) is 3. The Hall–Kier alpha value is -2.86. The molecule has 2 rings (SSSR count). The Labute approximate surface area is 148 Å². The van der Waals surface area contributed by atoms with Crippen LogP contribution in [0.25, 0.3) is 11.1 Å². The van der Waals surface area contributed by atoms with E-state index < -0.39 is 0 Å². The molecule has 0 spiro atoms. The van der Waals surface area contributed by atoms with E-state index in [9.17, 15) is 4.79 Å². The number of benzene rings is 2. The van der Waals surface area contributed by atoms with Crippen LogP contribution in [-0.4, -0.2) is 24.5 Å². The Balaban J connectivity index is 2.01. The fourth-order valence-corrected chi connectivity index (χ4v) is 2.30. The molecule has 0 aliphatic carbocycles. The fourth-order valence-electron chi connectivity index (χ4n) is 2.30. The van der Waals surface area contributed by atoms with Gasteiger partial charge in [0, 0.05) is 12.6 Å². The molecule has 0 heterocycles. The number of rotatable bonds is 7. The van der Waals surface area contributed by atoms with Gasteiger partial charge in [-0.15, -0.1) is 0 Å². The van der Waals surface area contributed by atoms with E-state index in [1.165, 1.54) is 0 Å². The second-order valence-corrected chi connectivity index (χ2v) is 6.10. The molecule has 0 aliphatic rings. The molecule has 6 N–H and O–H groups in total. The number of nitrogens with two attached hydrogens (primary N) is 2. The molecule has 2 aromatic carbocycles. The Bertz CT molecular complexity index is 734. The topological polar surface area (TPSA) is 106 Å². The van der Waals surface area contributed by atoms with Crippen molar-refractivity contribution in [3.8, 4) is 11.1 Å². The molecule has 6 nitrogen and oxygen atoms in total. The summed E-state index contributed by atoms with van der Waals surface area (Å²) in [4.78, 5) is 15.8. The maximum absolute atomic E-state index is 11.8. The largest absolute Gasteiger partial charge is 0.370 e. The predicted octanol–water partition coefficient (Wildman–Crippen LogP) is 1.87. The predicted molar refractivity (Wildman–Crippen MR) is 102 cm³/mol. The lowest BCUT2D eigenvalue weighted by Gasteiger charge is -2.10. The van der Waals surface area contributed by atoms with Crippen molar-refractivity contribution < 1.29 is 4.79 Å².